The van der Waals surface area contributed by atoms with E-state index in [-0.39, 0.29) is 0 Å². The predicted molar refractivity (Wildman–Crippen MR) is 254 cm³/mol. The zero-order chi connectivity index (χ0) is 40.7. The number of unbranched alkanes of at least 4 members (excludes halogenated alkanes) is 10. The summed E-state index contributed by atoms with van der Waals surface area (Å²) in [6, 6.07) is 50.6. The molecule has 9 aromatic rings. The number of benzene rings is 6. The van der Waals surface area contributed by atoms with Gasteiger partial charge in [0.15, 0.2) is 11.6 Å². The Labute approximate surface area is 355 Å². The maximum atomic E-state index is 5.45. The molecule has 302 valence electrons. The van der Waals surface area contributed by atoms with Gasteiger partial charge < -0.3 is 4.57 Å². The van der Waals surface area contributed by atoms with Gasteiger partial charge in [0.05, 0.1) is 22.1 Å². The molecule has 0 unspecified atom stereocenters. The van der Waals surface area contributed by atoms with Crippen molar-refractivity contribution in [2.75, 3.05) is 0 Å². The molecular weight excluding hydrogens is 731 g/mol. The van der Waals surface area contributed by atoms with E-state index >= 15 is 0 Å². The van der Waals surface area contributed by atoms with Gasteiger partial charge in [-0.2, -0.15) is 9.97 Å². The topological polar surface area (TPSA) is 48.5 Å². The summed E-state index contributed by atoms with van der Waals surface area (Å²) in [5.41, 5.74) is 10.3. The van der Waals surface area contributed by atoms with Gasteiger partial charge in [-0.05, 0) is 73.2 Å². The van der Waals surface area contributed by atoms with Gasteiger partial charge in [-0.3, -0.25) is 4.57 Å². The van der Waals surface area contributed by atoms with Gasteiger partial charge in [-0.15, -0.1) is 0 Å². The van der Waals surface area contributed by atoms with Crippen molar-refractivity contribution < 1.29 is 0 Å². The highest BCUT2D eigenvalue weighted by atomic mass is 15.2. The molecule has 9 rings (SSSR count). The Bertz CT molecular complexity index is 2790. The summed E-state index contributed by atoms with van der Waals surface area (Å²) < 4.78 is 4.73. The van der Waals surface area contributed by atoms with E-state index in [9.17, 15) is 0 Å². The lowest BCUT2D eigenvalue weighted by atomic mass is 10.0. The maximum absolute atomic E-state index is 5.45. The quantitative estimate of drug-likeness (QED) is 0.0814. The molecule has 0 atom stereocenters. The number of rotatable bonds is 18. The van der Waals surface area contributed by atoms with Gasteiger partial charge in [0.25, 0.3) is 0 Å². The molecular formula is C55H57N5. The Morgan fingerprint density at radius 3 is 1.40 bits per heavy atom. The smallest absolute Gasteiger partial charge is 0.238 e. The highest BCUT2D eigenvalue weighted by molar-refractivity contribution is 6.23. The third-order valence-corrected chi connectivity index (χ3v) is 12.3. The molecule has 0 saturated carbocycles. The molecule has 0 aliphatic carbocycles. The van der Waals surface area contributed by atoms with Gasteiger partial charge in [-0.1, -0.05) is 181 Å². The SMILES string of the molecule is CCCCCCCCc1cccc(-c2nc(-c3cccc(CCCCCCCC)c3)nc(-n3c4ccccc4c4ccc5c6ccccc6n(-c6ccccc6)c5c43)n2)c1. The zero-order valence-electron chi connectivity index (χ0n) is 35.4. The first kappa shape index (κ1) is 39.4. The molecule has 0 aliphatic rings. The monoisotopic (exact) mass is 787 g/mol. The number of aryl methyl sites for hydroxylation is 2. The molecule has 3 aromatic heterocycles. The number of fused-ring (bicyclic) bond motifs is 7. The summed E-state index contributed by atoms with van der Waals surface area (Å²) in [6.45, 7) is 4.56. The number of nitrogens with zero attached hydrogens (tertiary/aromatic N) is 5. The van der Waals surface area contributed by atoms with E-state index in [1.807, 2.05) is 0 Å². The number of aromatic nitrogens is 5. The van der Waals surface area contributed by atoms with Gasteiger partial charge in [-0.25, -0.2) is 4.98 Å². The van der Waals surface area contributed by atoms with Crippen molar-refractivity contribution in [2.45, 2.75) is 104 Å². The second-order valence-corrected chi connectivity index (χ2v) is 16.6. The largest absolute Gasteiger partial charge is 0.307 e. The Morgan fingerprint density at radius 1 is 0.383 bits per heavy atom. The number of hydrogen-bond acceptors (Lipinski definition) is 3. The molecule has 60 heavy (non-hydrogen) atoms. The van der Waals surface area contributed by atoms with Crippen molar-refractivity contribution >= 4 is 43.6 Å². The molecule has 0 fully saturated rings. The second-order valence-electron chi connectivity index (χ2n) is 16.6. The standard InChI is InChI=1S/C55H57N5/c1-3-5-7-9-11-14-24-40-26-22-28-42(38-40)53-56-54(43-29-23-27-41(39-43)25-15-12-10-8-6-4-2)58-55(57-53)60-50-35-21-19-33-46(50)48-37-36-47-45-32-18-20-34-49(45)59(51(47)52(48)60)44-30-16-13-17-31-44/h13,16-23,26-39H,3-12,14-15,24-25H2,1-2H3. The van der Waals surface area contributed by atoms with Crippen LogP contribution in [0.15, 0.2) is 140 Å². The van der Waals surface area contributed by atoms with Crippen LogP contribution in [0.3, 0.4) is 0 Å². The predicted octanol–water partition coefficient (Wildman–Crippen LogP) is 15.2. The second kappa shape index (κ2) is 18.5. The minimum Gasteiger partial charge on any atom is -0.307 e. The molecule has 6 aromatic carbocycles. The summed E-state index contributed by atoms with van der Waals surface area (Å²) in [5, 5.41) is 4.76. The van der Waals surface area contributed by atoms with Crippen molar-refractivity contribution in [3.63, 3.8) is 0 Å². The summed E-state index contributed by atoms with van der Waals surface area (Å²) in [5.74, 6) is 2.02. The third-order valence-electron chi connectivity index (χ3n) is 12.3. The van der Waals surface area contributed by atoms with Crippen LogP contribution >= 0.6 is 0 Å². The van der Waals surface area contributed by atoms with Crippen LogP contribution in [0.5, 0.6) is 0 Å². The average Bonchev–Trinajstić information content (AvgIpc) is 3.82. The molecule has 0 bridgehead atoms. The van der Waals surface area contributed by atoms with E-state index in [2.05, 4.69) is 163 Å². The lowest BCUT2D eigenvalue weighted by molar-refractivity contribution is 0.607. The molecule has 0 radical (unpaired) electrons. The van der Waals surface area contributed by atoms with Gasteiger partial charge in [0.1, 0.15) is 0 Å². The average molecular weight is 788 g/mol. The van der Waals surface area contributed by atoms with Crippen molar-refractivity contribution in [1.29, 1.82) is 0 Å². The summed E-state index contributed by atoms with van der Waals surface area (Å²) >= 11 is 0. The third kappa shape index (κ3) is 8.10. The molecule has 5 nitrogen and oxygen atoms in total. The van der Waals surface area contributed by atoms with Crippen LogP contribution in [-0.2, 0) is 12.8 Å². The Hall–Kier alpha value is -6.07. The molecule has 0 spiro atoms. The van der Waals surface area contributed by atoms with Crippen molar-refractivity contribution in [2.24, 2.45) is 0 Å². The van der Waals surface area contributed by atoms with Crippen molar-refractivity contribution in [1.82, 2.24) is 24.1 Å². The highest BCUT2D eigenvalue weighted by Crippen LogP contribution is 2.41. The fourth-order valence-corrected chi connectivity index (χ4v) is 9.23. The summed E-state index contributed by atoms with van der Waals surface area (Å²) in [4.78, 5) is 16.2. The lowest BCUT2D eigenvalue weighted by Gasteiger charge is -2.14. The normalized spacial score (nSPS) is 11.8. The van der Waals surface area contributed by atoms with Crippen LogP contribution in [0.1, 0.15) is 102 Å². The van der Waals surface area contributed by atoms with Gasteiger partial charge >= 0.3 is 0 Å². The van der Waals surface area contributed by atoms with Gasteiger partial charge in [0, 0.05) is 38.4 Å². The minimum atomic E-state index is 0.626. The van der Waals surface area contributed by atoms with Crippen LogP contribution < -0.4 is 0 Å². The molecule has 5 heteroatoms. The van der Waals surface area contributed by atoms with E-state index in [1.54, 1.807) is 0 Å². The molecule has 0 amide bonds. The van der Waals surface area contributed by atoms with Crippen molar-refractivity contribution in [3.05, 3.63) is 151 Å². The van der Waals surface area contributed by atoms with Crippen molar-refractivity contribution in [3.8, 4) is 34.4 Å². The number of para-hydroxylation sites is 3. The van der Waals surface area contributed by atoms with Crippen LogP contribution in [0, 0.1) is 0 Å². The van der Waals surface area contributed by atoms with Crippen LogP contribution in [-0.4, -0.2) is 24.1 Å². The first-order valence-electron chi connectivity index (χ1n) is 22.7. The van der Waals surface area contributed by atoms with E-state index in [0.717, 1.165) is 46.2 Å². The molecule has 0 saturated heterocycles. The fourth-order valence-electron chi connectivity index (χ4n) is 9.23. The van der Waals surface area contributed by atoms with Crippen LogP contribution in [0.25, 0.3) is 78.0 Å². The number of hydrogen-bond donors (Lipinski definition) is 0. The minimum absolute atomic E-state index is 0.626. The lowest BCUT2D eigenvalue weighted by Crippen LogP contribution is -2.07. The fraction of sp³-hybridized carbons (Fsp3) is 0.291. The summed E-state index contributed by atoms with van der Waals surface area (Å²) in [7, 11) is 0. The van der Waals surface area contributed by atoms with E-state index in [1.165, 1.54) is 115 Å². The Morgan fingerprint density at radius 2 is 0.850 bits per heavy atom. The Kier molecular flexibility index (Phi) is 12.1. The van der Waals surface area contributed by atoms with E-state index in [4.69, 9.17) is 15.0 Å². The first-order valence-corrected chi connectivity index (χ1v) is 22.7. The van der Waals surface area contributed by atoms with Crippen LogP contribution in [0.4, 0.5) is 0 Å². The molecule has 0 aliphatic heterocycles. The molecule has 0 N–H and O–H groups in total. The molecule has 3 heterocycles. The van der Waals surface area contributed by atoms with E-state index < -0.39 is 0 Å². The Balaban J connectivity index is 1.23. The maximum Gasteiger partial charge on any atom is 0.238 e. The first-order chi connectivity index (χ1) is 29.7. The van der Waals surface area contributed by atoms with Crippen LogP contribution in [0.2, 0.25) is 0 Å². The highest BCUT2D eigenvalue weighted by Gasteiger charge is 2.23. The zero-order valence-corrected chi connectivity index (χ0v) is 35.4. The van der Waals surface area contributed by atoms with Gasteiger partial charge in [0.2, 0.25) is 5.95 Å². The van der Waals surface area contributed by atoms with E-state index in [0.29, 0.717) is 17.6 Å². The summed E-state index contributed by atoms with van der Waals surface area (Å²) in [6.07, 6.45) is 17.5.